The SMILES string of the molecule is Cl.NCC1(CC(=O)Nc2ccc(Cl)cc2C(=O)N2CCCC2)CCCCC1. The number of benzene rings is 1. The lowest BCUT2D eigenvalue weighted by Crippen LogP contribution is -2.36. The monoisotopic (exact) mass is 413 g/mol. The second-order valence-electron chi connectivity index (χ2n) is 7.68. The molecule has 3 N–H and O–H groups in total. The molecule has 0 unspecified atom stereocenters. The van der Waals surface area contributed by atoms with Gasteiger partial charge < -0.3 is 16.0 Å². The van der Waals surface area contributed by atoms with E-state index < -0.39 is 0 Å². The molecule has 2 amide bonds. The van der Waals surface area contributed by atoms with Crippen LogP contribution in [0.5, 0.6) is 0 Å². The largest absolute Gasteiger partial charge is 0.339 e. The van der Waals surface area contributed by atoms with Crippen LogP contribution in [0.3, 0.4) is 0 Å². The second-order valence-corrected chi connectivity index (χ2v) is 8.12. The predicted molar refractivity (Wildman–Crippen MR) is 112 cm³/mol. The van der Waals surface area contributed by atoms with E-state index in [-0.39, 0.29) is 29.6 Å². The van der Waals surface area contributed by atoms with Crippen molar-refractivity contribution in [2.24, 2.45) is 11.1 Å². The van der Waals surface area contributed by atoms with Crippen LogP contribution >= 0.6 is 24.0 Å². The second kappa shape index (κ2) is 9.76. The van der Waals surface area contributed by atoms with Crippen molar-refractivity contribution >= 4 is 41.5 Å². The van der Waals surface area contributed by atoms with Gasteiger partial charge in [-0.15, -0.1) is 12.4 Å². The maximum Gasteiger partial charge on any atom is 0.256 e. The quantitative estimate of drug-likeness (QED) is 0.757. The van der Waals surface area contributed by atoms with E-state index in [0.717, 1.165) is 51.6 Å². The van der Waals surface area contributed by atoms with Crippen molar-refractivity contribution in [3.05, 3.63) is 28.8 Å². The number of carbonyl (C=O) groups is 2. The number of nitrogens with zero attached hydrogens (tertiary/aromatic N) is 1. The predicted octanol–water partition coefficient (Wildman–Crippen LogP) is 4.24. The third-order valence-corrected chi connectivity index (χ3v) is 6.00. The fraction of sp³-hybridized carbons (Fsp3) is 0.600. The van der Waals surface area contributed by atoms with Crippen molar-refractivity contribution in [1.29, 1.82) is 0 Å². The zero-order valence-corrected chi connectivity index (χ0v) is 17.2. The minimum absolute atomic E-state index is 0. The van der Waals surface area contributed by atoms with E-state index in [1.807, 2.05) is 4.90 Å². The molecule has 1 saturated carbocycles. The van der Waals surface area contributed by atoms with Crippen molar-refractivity contribution < 1.29 is 9.59 Å². The van der Waals surface area contributed by atoms with E-state index in [4.69, 9.17) is 17.3 Å². The standard InChI is InChI=1S/C20H28ClN3O2.ClH/c21-15-6-7-17(16(12-15)19(26)24-10-4-5-11-24)23-18(25)13-20(14-22)8-2-1-3-9-20;/h6-7,12H,1-5,8-11,13-14,22H2,(H,23,25);1H. The molecular weight excluding hydrogens is 385 g/mol. The molecule has 1 aliphatic heterocycles. The molecule has 2 fully saturated rings. The summed E-state index contributed by atoms with van der Waals surface area (Å²) in [4.78, 5) is 27.3. The van der Waals surface area contributed by atoms with Crippen molar-refractivity contribution in [3.63, 3.8) is 0 Å². The number of halogens is 2. The normalized spacial score (nSPS) is 18.7. The third kappa shape index (κ3) is 5.37. The number of rotatable bonds is 5. The fourth-order valence-electron chi connectivity index (χ4n) is 4.18. The Morgan fingerprint density at radius 2 is 1.78 bits per heavy atom. The molecule has 1 aromatic carbocycles. The van der Waals surface area contributed by atoms with Crippen molar-refractivity contribution in [1.82, 2.24) is 4.90 Å². The van der Waals surface area contributed by atoms with Gasteiger partial charge in [-0.1, -0.05) is 30.9 Å². The Bertz CT molecular complexity index is 669. The molecule has 27 heavy (non-hydrogen) atoms. The van der Waals surface area contributed by atoms with Crippen LogP contribution in [0, 0.1) is 5.41 Å². The van der Waals surface area contributed by atoms with E-state index in [1.165, 1.54) is 6.42 Å². The van der Waals surface area contributed by atoms with Crippen LogP contribution in [-0.4, -0.2) is 36.3 Å². The molecule has 1 aromatic rings. The Balaban J connectivity index is 0.00000261. The Kier molecular flexibility index (Phi) is 7.95. The summed E-state index contributed by atoms with van der Waals surface area (Å²) >= 11 is 6.10. The smallest absolute Gasteiger partial charge is 0.256 e. The fourth-order valence-corrected chi connectivity index (χ4v) is 4.35. The number of anilines is 1. The average Bonchev–Trinajstić information content (AvgIpc) is 3.18. The van der Waals surface area contributed by atoms with Crippen LogP contribution in [0.25, 0.3) is 0 Å². The molecule has 150 valence electrons. The van der Waals surface area contributed by atoms with Gasteiger partial charge in [0.2, 0.25) is 5.91 Å². The van der Waals surface area contributed by atoms with E-state index in [0.29, 0.717) is 29.2 Å². The maximum absolute atomic E-state index is 12.8. The van der Waals surface area contributed by atoms with E-state index in [2.05, 4.69) is 5.32 Å². The molecule has 2 aliphatic rings. The lowest BCUT2D eigenvalue weighted by atomic mass is 9.71. The summed E-state index contributed by atoms with van der Waals surface area (Å²) in [5.41, 5.74) is 6.91. The van der Waals surface area contributed by atoms with Gasteiger partial charge in [0.25, 0.3) is 5.91 Å². The summed E-state index contributed by atoms with van der Waals surface area (Å²) < 4.78 is 0. The summed E-state index contributed by atoms with van der Waals surface area (Å²) in [5, 5.41) is 3.44. The molecule has 0 atom stereocenters. The van der Waals surface area contributed by atoms with Crippen LogP contribution in [-0.2, 0) is 4.79 Å². The lowest BCUT2D eigenvalue weighted by Gasteiger charge is -2.35. The maximum atomic E-state index is 12.8. The molecule has 7 heteroatoms. The number of nitrogens with one attached hydrogen (secondary N) is 1. The molecule has 0 spiro atoms. The van der Waals surface area contributed by atoms with Gasteiger partial charge >= 0.3 is 0 Å². The first-order valence-electron chi connectivity index (χ1n) is 9.62. The highest BCUT2D eigenvalue weighted by molar-refractivity contribution is 6.31. The molecule has 1 heterocycles. The third-order valence-electron chi connectivity index (χ3n) is 5.76. The minimum Gasteiger partial charge on any atom is -0.339 e. The summed E-state index contributed by atoms with van der Waals surface area (Å²) in [6.07, 6.45) is 7.92. The van der Waals surface area contributed by atoms with Crippen LogP contribution < -0.4 is 11.1 Å². The number of carbonyl (C=O) groups excluding carboxylic acids is 2. The van der Waals surface area contributed by atoms with Crippen LogP contribution in [0.2, 0.25) is 5.02 Å². The highest BCUT2D eigenvalue weighted by Crippen LogP contribution is 2.38. The molecule has 1 saturated heterocycles. The number of nitrogens with two attached hydrogens (primary N) is 1. The Labute approximate surface area is 172 Å². The van der Waals surface area contributed by atoms with Gasteiger partial charge in [0, 0.05) is 24.5 Å². The zero-order valence-electron chi connectivity index (χ0n) is 15.6. The highest BCUT2D eigenvalue weighted by atomic mass is 35.5. The van der Waals surface area contributed by atoms with E-state index in [1.54, 1.807) is 18.2 Å². The molecule has 1 aliphatic carbocycles. The van der Waals surface area contributed by atoms with Gasteiger partial charge in [-0.3, -0.25) is 9.59 Å². The highest BCUT2D eigenvalue weighted by Gasteiger charge is 2.33. The Morgan fingerprint density at radius 3 is 2.41 bits per heavy atom. The van der Waals surface area contributed by atoms with E-state index in [9.17, 15) is 9.59 Å². The van der Waals surface area contributed by atoms with Crippen molar-refractivity contribution in [3.8, 4) is 0 Å². The molecule has 0 radical (unpaired) electrons. The first-order valence-corrected chi connectivity index (χ1v) is 10.00. The Morgan fingerprint density at radius 1 is 1.11 bits per heavy atom. The van der Waals surface area contributed by atoms with Crippen molar-refractivity contribution in [2.75, 3.05) is 25.0 Å². The van der Waals surface area contributed by atoms with Gasteiger partial charge in [0.05, 0.1) is 11.3 Å². The minimum atomic E-state index is -0.103. The number of likely N-dealkylation sites (tertiary alicyclic amines) is 1. The van der Waals surface area contributed by atoms with Gasteiger partial charge in [0.1, 0.15) is 0 Å². The summed E-state index contributed by atoms with van der Waals surface area (Å²) in [6.45, 7) is 2.05. The lowest BCUT2D eigenvalue weighted by molar-refractivity contribution is -0.118. The number of amides is 2. The number of hydrogen-bond acceptors (Lipinski definition) is 3. The molecule has 0 bridgehead atoms. The van der Waals surface area contributed by atoms with Crippen LogP contribution in [0.15, 0.2) is 18.2 Å². The summed E-state index contributed by atoms with van der Waals surface area (Å²) in [7, 11) is 0. The first-order chi connectivity index (χ1) is 12.5. The topological polar surface area (TPSA) is 75.4 Å². The van der Waals surface area contributed by atoms with E-state index >= 15 is 0 Å². The summed E-state index contributed by atoms with van der Waals surface area (Å²) in [5.74, 6) is -0.137. The summed E-state index contributed by atoms with van der Waals surface area (Å²) in [6, 6.07) is 5.08. The van der Waals surface area contributed by atoms with Crippen LogP contribution in [0.4, 0.5) is 5.69 Å². The first kappa shape index (κ1) is 22.0. The van der Waals surface area contributed by atoms with Gasteiger partial charge in [-0.05, 0) is 55.8 Å². The van der Waals surface area contributed by atoms with Gasteiger partial charge in [-0.2, -0.15) is 0 Å². The van der Waals surface area contributed by atoms with Gasteiger partial charge in [0.15, 0.2) is 0 Å². The molecular formula is C20H29Cl2N3O2. The van der Waals surface area contributed by atoms with Crippen molar-refractivity contribution in [2.45, 2.75) is 51.4 Å². The Hall–Kier alpha value is -1.30. The molecule has 0 aromatic heterocycles. The molecule has 5 nitrogen and oxygen atoms in total. The van der Waals surface area contributed by atoms with Gasteiger partial charge in [-0.25, -0.2) is 0 Å². The average molecular weight is 414 g/mol. The zero-order chi connectivity index (χ0) is 18.6. The van der Waals surface area contributed by atoms with Crippen LogP contribution in [0.1, 0.15) is 61.7 Å². The number of hydrogen-bond donors (Lipinski definition) is 2. The molecule has 3 rings (SSSR count).